The number of cyclic esters (lactones) is 2. The van der Waals surface area contributed by atoms with E-state index in [1.807, 2.05) is 36.4 Å². The van der Waals surface area contributed by atoms with Crippen LogP contribution in [0.15, 0.2) is 40.9 Å². The largest absolute Gasteiger partial charge is 0.393 e. The lowest BCUT2D eigenvalue weighted by Crippen LogP contribution is -2.26. The van der Waals surface area contributed by atoms with Crippen LogP contribution < -0.4 is 0 Å². The molecule has 0 amide bonds. The van der Waals surface area contributed by atoms with Crippen molar-refractivity contribution in [2.75, 3.05) is 0 Å². The maximum absolute atomic E-state index is 11.8. The Morgan fingerprint density at radius 2 is 1.83 bits per heavy atom. The summed E-state index contributed by atoms with van der Waals surface area (Å²) in [7, 11) is 0. The molecule has 1 aromatic carbocycles. The number of carbonyl (C=O) groups is 2. The van der Waals surface area contributed by atoms with Gasteiger partial charge in [-0.1, -0.05) is 40.2 Å². The second-order valence-corrected chi connectivity index (χ2v) is 5.53. The minimum Gasteiger partial charge on any atom is -0.393 e. The van der Waals surface area contributed by atoms with Gasteiger partial charge in [-0.3, -0.25) is 9.59 Å². The van der Waals surface area contributed by atoms with Crippen molar-refractivity contribution in [2.24, 2.45) is 11.8 Å². The molecule has 1 aromatic rings. The molecule has 92 valence electrons. The zero-order valence-corrected chi connectivity index (χ0v) is 11.1. The molecule has 2 aliphatic rings. The Bertz CT molecular complexity index is 532. The Morgan fingerprint density at radius 1 is 1.11 bits per heavy atom. The highest BCUT2D eigenvalue weighted by Crippen LogP contribution is 2.42. The minimum atomic E-state index is -0.387. The number of carbonyl (C=O) groups excluding carboxylic acids is 2. The summed E-state index contributed by atoms with van der Waals surface area (Å²) in [6.07, 6.45) is 4.57. The van der Waals surface area contributed by atoms with E-state index in [1.165, 1.54) is 0 Å². The van der Waals surface area contributed by atoms with Gasteiger partial charge in [0.05, 0.1) is 11.8 Å². The molecule has 0 bridgehead atoms. The van der Waals surface area contributed by atoms with E-state index in [4.69, 9.17) is 4.74 Å². The molecule has 3 rings (SSSR count). The van der Waals surface area contributed by atoms with Gasteiger partial charge in [-0.05, 0) is 24.1 Å². The number of fused-ring (bicyclic) bond motifs is 1. The molecule has 0 saturated carbocycles. The van der Waals surface area contributed by atoms with Crippen molar-refractivity contribution in [1.82, 2.24) is 0 Å². The smallest absolute Gasteiger partial charge is 0.318 e. The summed E-state index contributed by atoms with van der Waals surface area (Å²) in [6.45, 7) is 0. The number of ether oxygens (including phenoxy) is 1. The van der Waals surface area contributed by atoms with Gasteiger partial charge in [0.1, 0.15) is 0 Å². The monoisotopic (exact) mass is 306 g/mol. The topological polar surface area (TPSA) is 43.4 Å². The predicted molar refractivity (Wildman–Crippen MR) is 68.7 cm³/mol. The molecule has 0 radical (unpaired) electrons. The van der Waals surface area contributed by atoms with E-state index in [0.717, 1.165) is 10.0 Å². The van der Waals surface area contributed by atoms with Crippen LogP contribution in [0, 0.1) is 11.8 Å². The number of hydrogen-bond donors (Lipinski definition) is 0. The molecule has 18 heavy (non-hydrogen) atoms. The van der Waals surface area contributed by atoms with Crippen LogP contribution in [-0.2, 0) is 14.3 Å². The van der Waals surface area contributed by atoms with E-state index in [1.54, 1.807) is 0 Å². The third-order valence-corrected chi connectivity index (χ3v) is 4.11. The first kappa shape index (κ1) is 11.7. The first-order chi connectivity index (χ1) is 8.66. The molecule has 0 unspecified atom stereocenters. The van der Waals surface area contributed by atoms with Crippen LogP contribution in [0.25, 0.3) is 0 Å². The lowest BCUT2D eigenvalue weighted by atomic mass is 9.74. The van der Waals surface area contributed by atoms with E-state index < -0.39 is 0 Å². The number of hydrogen-bond acceptors (Lipinski definition) is 3. The zero-order chi connectivity index (χ0) is 12.7. The number of benzene rings is 1. The lowest BCUT2D eigenvalue weighted by molar-refractivity contribution is -0.153. The van der Waals surface area contributed by atoms with E-state index in [9.17, 15) is 9.59 Å². The fourth-order valence-electron chi connectivity index (χ4n) is 2.69. The average Bonchev–Trinajstić information content (AvgIpc) is 2.66. The van der Waals surface area contributed by atoms with Crippen LogP contribution in [0.2, 0.25) is 0 Å². The fourth-order valence-corrected chi connectivity index (χ4v) is 2.95. The molecule has 1 fully saturated rings. The zero-order valence-electron chi connectivity index (χ0n) is 9.51. The summed E-state index contributed by atoms with van der Waals surface area (Å²) in [5, 5.41) is 0. The van der Waals surface area contributed by atoms with Gasteiger partial charge in [-0.15, -0.1) is 0 Å². The lowest BCUT2D eigenvalue weighted by Gasteiger charge is -2.25. The van der Waals surface area contributed by atoms with Crippen molar-refractivity contribution in [3.8, 4) is 0 Å². The molecule has 3 atom stereocenters. The molecule has 1 aliphatic heterocycles. The molecule has 1 aliphatic carbocycles. The Labute approximate surface area is 113 Å². The Morgan fingerprint density at radius 3 is 2.56 bits per heavy atom. The first-order valence-corrected chi connectivity index (χ1v) is 6.64. The quantitative estimate of drug-likeness (QED) is 0.455. The number of esters is 2. The van der Waals surface area contributed by atoms with Gasteiger partial charge in [0.25, 0.3) is 0 Å². The molecular formula is C14H11BrO3. The van der Waals surface area contributed by atoms with Crippen molar-refractivity contribution >= 4 is 27.9 Å². The van der Waals surface area contributed by atoms with E-state index in [0.29, 0.717) is 6.42 Å². The van der Waals surface area contributed by atoms with Crippen LogP contribution in [-0.4, -0.2) is 11.9 Å². The third kappa shape index (κ3) is 1.81. The first-order valence-electron chi connectivity index (χ1n) is 5.84. The van der Waals surface area contributed by atoms with Crippen molar-refractivity contribution in [2.45, 2.75) is 12.3 Å². The maximum atomic E-state index is 11.8. The highest BCUT2D eigenvalue weighted by molar-refractivity contribution is 9.10. The van der Waals surface area contributed by atoms with Crippen LogP contribution in [0.5, 0.6) is 0 Å². The Balaban J connectivity index is 1.99. The summed E-state index contributed by atoms with van der Waals surface area (Å²) < 4.78 is 5.75. The number of allylic oxidation sites excluding steroid dienone is 2. The van der Waals surface area contributed by atoms with Gasteiger partial charge in [0, 0.05) is 10.4 Å². The number of rotatable bonds is 1. The third-order valence-electron chi connectivity index (χ3n) is 3.58. The van der Waals surface area contributed by atoms with Gasteiger partial charge in [0.2, 0.25) is 0 Å². The highest BCUT2D eigenvalue weighted by atomic mass is 79.9. The predicted octanol–water partition coefficient (Wildman–Crippen LogP) is 2.81. The molecule has 3 nitrogen and oxygen atoms in total. The summed E-state index contributed by atoms with van der Waals surface area (Å²) in [6, 6.07) is 7.82. The Hall–Kier alpha value is -1.42. The summed E-state index contributed by atoms with van der Waals surface area (Å²) >= 11 is 3.38. The SMILES string of the molecule is O=C1OC(=O)[C@@H]2CC=C[C@H](c3ccc(Br)cc3)[C@H]12. The molecule has 1 saturated heterocycles. The second kappa shape index (κ2) is 4.35. The second-order valence-electron chi connectivity index (χ2n) is 4.61. The number of halogens is 1. The van der Waals surface area contributed by atoms with Crippen LogP contribution in [0.4, 0.5) is 0 Å². The van der Waals surface area contributed by atoms with Gasteiger partial charge in [0.15, 0.2) is 0 Å². The molecular weight excluding hydrogens is 296 g/mol. The summed E-state index contributed by atoms with van der Waals surface area (Å²) in [5.74, 6) is -1.49. The van der Waals surface area contributed by atoms with Crippen LogP contribution in [0.1, 0.15) is 17.9 Å². The van der Waals surface area contributed by atoms with Crippen LogP contribution >= 0.6 is 15.9 Å². The van der Waals surface area contributed by atoms with Crippen molar-refractivity contribution < 1.29 is 14.3 Å². The van der Waals surface area contributed by atoms with Crippen molar-refractivity contribution in [1.29, 1.82) is 0 Å². The van der Waals surface area contributed by atoms with Gasteiger partial charge >= 0.3 is 11.9 Å². The van der Waals surface area contributed by atoms with Crippen LogP contribution in [0.3, 0.4) is 0 Å². The standard InChI is InChI=1S/C14H11BrO3/c15-9-6-4-8(5-7-9)10-2-1-3-11-12(10)14(17)18-13(11)16/h1-2,4-7,10-12H,3H2/t10-,11-,12+/m1/s1. The van der Waals surface area contributed by atoms with E-state index >= 15 is 0 Å². The fraction of sp³-hybridized carbons (Fsp3) is 0.286. The Kier molecular flexibility index (Phi) is 2.82. The van der Waals surface area contributed by atoms with Crippen molar-refractivity contribution in [3.05, 3.63) is 46.5 Å². The molecule has 0 aromatic heterocycles. The van der Waals surface area contributed by atoms with E-state index in [2.05, 4.69) is 15.9 Å². The minimum absolute atomic E-state index is 0.0594. The molecule has 0 spiro atoms. The summed E-state index contributed by atoms with van der Waals surface area (Å²) in [5.41, 5.74) is 1.04. The van der Waals surface area contributed by atoms with Gasteiger partial charge in [-0.2, -0.15) is 0 Å². The van der Waals surface area contributed by atoms with Gasteiger partial charge < -0.3 is 4.74 Å². The average molecular weight is 307 g/mol. The normalized spacial score (nSPS) is 30.2. The molecule has 1 heterocycles. The van der Waals surface area contributed by atoms with E-state index in [-0.39, 0.29) is 29.7 Å². The molecule has 4 heteroatoms. The summed E-state index contributed by atoms with van der Waals surface area (Å²) in [4.78, 5) is 23.3. The maximum Gasteiger partial charge on any atom is 0.318 e. The van der Waals surface area contributed by atoms with Crippen molar-refractivity contribution in [3.63, 3.8) is 0 Å². The molecule has 0 N–H and O–H groups in total. The van der Waals surface area contributed by atoms with Gasteiger partial charge in [-0.25, -0.2) is 0 Å². The highest BCUT2D eigenvalue weighted by Gasteiger charge is 2.48.